The molecule has 0 spiro atoms. The number of carbonyl (C=O) groups is 1. The van der Waals surface area contributed by atoms with Gasteiger partial charge in [0.05, 0.1) is 18.1 Å². The number of hydrogen-bond acceptors (Lipinski definition) is 4. The van der Waals surface area contributed by atoms with E-state index in [0.717, 1.165) is 5.56 Å². The zero-order valence-corrected chi connectivity index (χ0v) is 10.7. The van der Waals surface area contributed by atoms with Gasteiger partial charge in [0, 0.05) is 18.0 Å². The average Bonchev–Trinajstić information content (AvgIpc) is 2.29. The molecular formula is C13H19NO3. The molecule has 0 saturated carbocycles. The van der Waals surface area contributed by atoms with Gasteiger partial charge in [0.15, 0.2) is 0 Å². The van der Waals surface area contributed by atoms with Crippen LogP contribution >= 0.6 is 0 Å². The van der Waals surface area contributed by atoms with Crippen molar-refractivity contribution in [2.75, 3.05) is 6.61 Å². The third kappa shape index (κ3) is 2.82. The molecule has 1 unspecified atom stereocenters. The molecule has 0 aliphatic carbocycles. The molecule has 94 valence electrons. The summed E-state index contributed by atoms with van der Waals surface area (Å²) in [5.41, 5.74) is 0.583. The SMILES string of the molecule is CCOC(=O)C(C)(C)C(O)c1cnccc1C. The van der Waals surface area contributed by atoms with Gasteiger partial charge in [0.2, 0.25) is 0 Å². The van der Waals surface area contributed by atoms with E-state index in [0.29, 0.717) is 12.2 Å². The second-order valence-corrected chi connectivity index (χ2v) is 4.58. The second-order valence-electron chi connectivity index (χ2n) is 4.58. The van der Waals surface area contributed by atoms with E-state index in [1.807, 2.05) is 6.92 Å². The molecule has 1 rings (SSSR count). The van der Waals surface area contributed by atoms with Gasteiger partial charge in [0.25, 0.3) is 0 Å². The van der Waals surface area contributed by atoms with E-state index in [2.05, 4.69) is 4.98 Å². The van der Waals surface area contributed by atoms with E-state index in [9.17, 15) is 9.90 Å². The first-order valence-electron chi connectivity index (χ1n) is 5.67. The number of pyridine rings is 1. The Morgan fingerprint density at radius 1 is 1.59 bits per heavy atom. The molecule has 0 saturated heterocycles. The molecular weight excluding hydrogens is 218 g/mol. The maximum Gasteiger partial charge on any atom is 0.314 e. The van der Waals surface area contributed by atoms with E-state index in [1.54, 1.807) is 39.2 Å². The number of nitrogens with zero attached hydrogens (tertiary/aromatic N) is 1. The molecule has 0 fully saturated rings. The third-order valence-electron chi connectivity index (χ3n) is 2.86. The lowest BCUT2D eigenvalue weighted by Gasteiger charge is -2.28. The highest BCUT2D eigenvalue weighted by atomic mass is 16.5. The summed E-state index contributed by atoms with van der Waals surface area (Å²) in [6.07, 6.45) is 2.32. The van der Waals surface area contributed by atoms with E-state index in [-0.39, 0.29) is 0 Å². The second kappa shape index (κ2) is 5.27. The van der Waals surface area contributed by atoms with Crippen LogP contribution in [0.25, 0.3) is 0 Å². The molecule has 0 aromatic carbocycles. The number of hydrogen-bond donors (Lipinski definition) is 1. The monoisotopic (exact) mass is 237 g/mol. The summed E-state index contributed by atoms with van der Waals surface area (Å²) in [4.78, 5) is 15.8. The smallest absolute Gasteiger partial charge is 0.314 e. The summed E-state index contributed by atoms with van der Waals surface area (Å²) in [7, 11) is 0. The first-order chi connectivity index (χ1) is 7.91. The number of carbonyl (C=O) groups excluding carboxylic acids is 1. The molecule has 1 N–H and O–H groups in total. The van der Waals surface area contributed by atoms with Crippen molar-refractivity contribution < 1.29 is 14.6 Å². The minimum Gasteiger partial charge on any atom is -0.465 e. The normalized spacial score (nSPS) is 13.2. The molecule has 0 amide bonds. The van der Waals surface area contributed by atoms with Crippen molar-refractivity contribution in [3.8, 4) is 0 Å². The molecule has 4 heteroatoms. The van der Waals surface area contributed by atoms with Gasteiger partial charge in [-0.1, -0.05) is 0 Å². The Hall–Kier alpha value is -1.42. The number of aliphatic hydroxyl groups excluding tert-OH is 1. The number of esters is 1. The Balaban J connectivity index is 3.00. The number of aliphatic hydroxyl groups is 1. The highest BCUT2D eigenvalue weighted by molar-refractivity contribution is 5.77. The number of aryl methyl sites for hydroxylation is 1. The number of aromatic nitrogens is 1. The van der Waals surface area contributed by atoms with Gasteiger partial charge in [-0.15, -0.1) is 0 Å². The summed E-state index contributed by atoms with van der Waals surface area (Å²) in [5, 5.41) is 10.3. The maximum absolute atomic E-state index is 11.8. The Morgan fingerprint density at radius 3 is 2.76 bits per heavy atom. The van der Waals surface area contributed by atoms with Crippen LogP contribution in [0.2, 0.25) is 0 Å². The quantitative estimate of drug-likeness (QED) is 0.814. The summed E-state index contributed by atoms with van der Waals surface area (Å²) >= 11 is 0. The van der Waals surface area contributed by atoms with E-state index in [1.165, 1.54) is 0 Å². The number of rotatable bonds is 4. The van der Waals surface area contributed by atoms with Gasteiger partial charge >= 0.3 is 5.97 Å². The Kier molecular flexibility index (Phi) is 4.23. The summed E-state index contributed by atoms with van der Waals surface area (Å²) < 4.78 is 4.97. The summed E-state index contributed by atoms with van der Waals surface area (Å²) in [5.74, 6) is -0.407. The minimum atomic E-state index is -0.982. The van der Waals surface area contributed by atoms with Crippen LogP contribution in [0, 0.1) is 12.3 Å². The average molecular weight is 237 g/mol. The zero-order valence-electron chi connectivity index (χ0n) is 10.7. The largest absolute Gasteiger partial charge is 0.465 e. The lowest BCUT2D eigenvalue weighted by Crippen LogP contribution is -2.33. The Bertz CT molecular complexity index is 401. The van der Waals surface area contributed by atoms with Crippen LogP contribution < -0.4 is 0 Å². The van der Waals surface area contributed by atoms with Gasteiger partial charge in [-0.3, -0.25) is 9.78 Å². The Labute approximate surface area is 102 Å². The highest BCUT2D eigenvalue weighted by Crippen LogP contribution is 2.35. The van der Waals surface area contributed by atoms with Gasteiger partial charge < -0.3 is 9.84 Å². The molecule has 0 aliphatic rings. The fourth-order valence-corrected chi connectivity index (χ4v) is 1.58. The van der Waals surface area contributed by atoms with E-state index >= 15 is 0 Å². The van der Waals surface area contributed by atoms with Crippen LogP contribution in [-0.2, 0) is 9.53 Å². The zero-order chi connectivity index (χ0) is 13.1. The standard InChI is InChI=1S/C13H19NO3/c1-5-17-12(16)13(3,4)11(15)10-8-14-7-6-9(10)2/h6-8,11,15H,5H2,1-4H3. The molecule has 1 aromatic heterocycles. The van der Waals surface area contributed by atoms with Gasteiger partial charge in [0.1, 0.15) is 0 Å². The van der Waals surface area contributed by atoms with Crippen LogP contribution in [0.5, 0.6) is 0 Å². The molecule has 1 heterocycles. The molecule has 1 atom stereocenters. The predicted molar refractivity (Wildman–Crippen MR) is 64.3 cm³/mol. The van der Waals surface area contributed by atoms with Crippen molar-refractivity contribution in [2.24, 2.45) is 5.41 Å². The maximum atomic E-state index is 11.8. The van der Waals surface area contributed by atoms with E-state index in [4.69, 9.17) is 4.74 Å². The lowest BCUT2D eigenvalue weighted by molar-refractivity contribution is -0.160. The number of ether oxygens (including phenoxy) is 1. The summed E-state index contributed by atoms with van der Waals surface area (Å²) in [6.45, 7) is 7.27. The van der Waals surface area contributed by atoms with Gasteiger partial charge in [-0.25, -0.2) is 0 Å². The third-order valence-corrected chi connectivity index (χ3v) is 2.86. The predicted octanol–water partition coefficient (Wildman–Crippen LogP) is 2.01. The first kappa shape index (κ1) is 13.6. The van der Waals surface area contributed by atoms with Crippen LogP contribution in [0.15, 0.2) is 18.5 Å². The first-order valence-corrected chi connectivity index (χ1v) is 5.67. The topological polar surface area (TPSA) is 59.4 Å². The molecule has 1 aromatic rings. The molecule has 0 radical (unpaired) electrons. The Morgan fingerprint density at radius 2 is 2.24 bits per heavy atom. The van der Waals surface area contributed by atoms with Crippen molar-refractivity contribution in [3.63, 3.8) is 0 Å². The van der Waals surface area contributed by atoms with Crippen molar-refractivity contribution in [2.45, 2.75) is 33.8 Å². The van der Waals surface area contributed by atoms with Crippen molar-refractivity contribution in [1.82, 2.24) is 4.98 Å². The van der Waals surface area contributed by atoms with Crippen LogP contribution in [-0.4, -0.2) is 22.7 Å². The van der Waals surface area contributed by atoms with E-state index < -0.39 is 17.5 Å². The minimum absolute atomic E-state index is 0.307. The fraction of sp³-hybridized carbons (Fsp3) is 0.538. The molecule has 17 heavy (non-hydrogen) atoms. The van der Waals surface area contributed by atoms with Crippen LogP contribution in [0.3, 0.4) is 0 Å². The summed E-state index contributed by atoms with van der Waals surface area (Å²) in [6, 6.07) is 1.81. The molecule has 4 nitrogen and oxygen atoms in total. The van der Waals surface area contributed by atoms with Crippen LogP contribution in [0.4, 0.5) is 0 Å². The van der Waals surface area contributed by atoms with Crippen molar-refractivity contribution in [1.29, 1.82) is 0 Å². The molecule has 0 aliphatic heterocycles. The fourth-order valence-electron chi connectivity index (χ4n) is 1.58. The van der Waals surface area contributed by atoms with Gasteiger partial charge in [-0.2, -0.15) is 0 Å². The van der Waals surface area contributed by atoms with Gasteiger partial charge in [-0.05, 0) is 39.3 Å². The van der Waals surface area contributed by atoms with Crippen LogP contribution in [0.1, 0.15) is 38.0 Å². The highest BCUT2D eigenvalue weighted by Gasteiger charge is 2.38. The van der Waals surface area contributed by atoms with Crippen molar-refractivity contribution in [3.05, 3.63) is 29.6 Å². The lowest BCUT2D eigenvalue weighted by atomic mass is 9.82. The molecule has 0 bridgehead atoms. The van der Waals surface area contributed by atoms with Crippen molar-refractivity contribution >= 4 is 5.97 Å².